The molecular weight excluding hydrogens is 620 g/mol. The van der Waals surface area contributed by atoms with E-state index < -0.39 is 44.8 Å². The highest BCUT2D eigenvalue weighted by Gasteiger charge is 2.52. The van der Waals surface area contributed by atoms with Crippen LogP contribution < -0.4 is 0 Å². The predicted molar refractivity (Wildman–Crippen MR) is 164 cm³/mol. The molecule has 0 amide bonds. The van der Waals surface area contributed by atoms with Gasteiger partial charge in [-0.3, -0.25) is 9.78 Å². The van der Waals surface area contributed by atoms with Crippen molar-refractivity contribution in [2.45, 2.75) is 63.6 Å². The second kappa shape index (κ2) is 11.6. The second-order valence-electron chi connectivity index (χ2n) is 12.0. The third-order valence-corrected chi connectivity index (χ3v) is 11.2. The van der Waals surface area contributed by atoms with Crippen LogP contribution in [0, 0.1) is 25.1 Å². The number of nitrogens with zero attached hydrogens (tertiary/aromatic N) is 4. The lowest BCUT2D eigenvalue weighted by Crippen LogP contribution is -2.50. The summed E-state index contributed by atoms with van der Waals surface area (Å²) in [5, 5.41) is 4.58. The Hall–Kier alpha value is -4.16. The topological polar surface area (TPSA) is 85.2 Å². The van der Waals surface area contributed by atoms with Gasteiger partial charge in [-0.2, -0.15) is 22.6 Å². The number of carbonyl (C=O) groups is 1. The zero-order chi connectivity index (χ0) is 33.0. The molecule has 0 bridgehead atoms. The Bertz CT molecular complexity index is 1970. The van der Waals surface area contributed by atoms with Crippen LogP contribution in [0.15, 0.2) is 77.5 Å². The molecule has 2 aliphatic rings. The van der Waals surface area contributed by atoms with E-state index in [1.807, 2.05) is 37.3 Å². The van der Waals surface area contributed by atoms with Gasteiger partial charge in [-0.25, -0.2) is 17.5 Å². The van der Waals surface area contributed by atoms with E-state index in [9.17, 15) is 30.8 Å². The van der Waals surface area contributed by atoms with Crippen LogP contribution >= 0.6 is 0 Å². The molecule has 7 nitrogen and oxygen atoms in total. The molecule has 1 fully saturated rings. The van der Waals surface area contributed by atoms with E-state index in [4.69, 9.17) is 0 Å². The molecule has 0 spiro atoms. The Morgan fingerprint density at radius 3 is 2.50 bits per heavy atom. The molecular formula is C34H32F4N4O3S. The molecule has 12 heteroatoms. The first kappa shape index (κ1) is 31.8. The summed E-state index contributed by atoms with van der Waals surface area (Å²) in [6.45, 7) is 5.22. The molecule has 0 unspecified atom stereocenters. The van der Waals surface area contributed by atoms with Gasteiger partial charge in [0.15, 0.2) is 5.78 Å². The van der Waals surface area contributed by atoms with Crippen LogP contribution in [0.3, 0.4) is 0 Å². The fourth-order valence-electron chi connectivity index (χ4n) is 6.69. The fourth-order valence-corrected chi connectivity index (χ4v) is 8.37. The lowest BCUT2D eigenvalue weighted by Gasteiger charge is -2.46. The second-order valence-corrected chi connectivity index (χ2v) is 13.9. The van der Waals surface area contributed by atoms with E-state index in [0.717, 1.165) is 41.3 Å². The van der Waals surface area contributed by atoms with Crippen molar-refractivity contribution in [3.63, 3.8) is 0 Å². The Morgan fingerprint density at radius 1 is 1.09 bits per heavy atom. The van der Waals surface area contributed by atoms with Crippen molar-refractivity contribution >= 4 is 21.9 Å². The number of carbonyl (C=O) groups excluding carboxylic acids is 1. The number of ketones is 1. The summed E-state index contributed by atoms with van der Waals surface area (Å²) in [5.74, 6) is -1.27. The average Bonchev–Trinajstić information content (AvgIpc) is 3.43. The Balaban J connectivity index is 1.45. The zero-order valence-corrected chi connectivity index (χ0v) is 26.3. The standard InChI is InChI=1S/C34H32F4N4O3S/c1-4-41(46(44,45)28-12-7-22(3)29(35)17-28)27-11-8-24-16-31-23(20-40-42(31)26-9-5-21(2)6-10-26)18-33(24,19-27)32(43)30-15-25(13-14-39-30)34(36,37)38/h5-7,9-10,12-17,20,27H,4,8,11,18-19H2,1-3H3/t27-,33-/m0/s1. The summed E-state index contributed by atoms with van der Waals surface area (Å²) in [6.07, 6.45) is 0.561. The maximum Gasteiger partial charge on any atom is 0.416 e. The number of hydrogen-bond donors (Lipinski definition) is 0. The first-order valence-corrected chi connectivity index (χ1v) is 16.4. The van der Waals surface area contributed by atoms with E-state index in [2.05, 4.69) is 10.1 Å². The summed E-state index contributed by atoms with van der Waals surface area (Å²) in [5.41, 5.74) is 1.61. The average molecular weight is 653 g/mol. The van der Waals surface area contributed by atoms with Gasteiger partial charge in [-0.1, -0.05) is 36.3 Å². The number of halogens is 4. The molecule has 2 atom stereocenters. The Morgan fingerprint density at radius 2 is 1.83 bits per heavy atom. The minimum atomic E-state index is -4.69. The summed E-state index contributed by atoms with van der Waals surface area (Å²) in [6, 6.07) is 12.4. The van der Waals surface area contributed by atoms with Crippen LogP contribution in [-0.4, -0.2) is 45.9 Å². The van der Waals surface area contributed by atoms with Crippen molar-refractivity contribution < 1.29 is 30.8 Å². The van der Waals surface area contributed by atoms with Crippen molar-refractivity contribution in [2.24, 2.45) is 5.41 Å². The van der Waals surface area contributed by atoms with Crippen LogP contribution in [0.2, 0.25) is 0 Å². The van der Waals surface area contributed by atoms with Gasteiger partial charge < -0.3 is 0 Å². The van der Waals surface area contributed by atoms with Gasteiger partial charge in [0.2, 0.25) is 10.0 Å². The number of aromatic nitrogens is 3. The number of sulfonamides is 1. The molecule has 4 aromatic rings. The summed E-state index contributed by atoms with van der Waals surface area (Å²) < 4.78 is 86.3. The number of fused-ring (bicyclic) bond motifs is 2. The summed E-state index contributed by atoms with van der Waals surface area (Å²) in [7, 11) is -4.19. The van der Waals surface area contributed by atoms with Gasteiger partial charge in [0.05, 0.1) is 33.5 Å². The maximum absolute atomic E-state index is 14.5. The third kappa shape index (κ3) is 5.47. The van der Waals surface area contributed by atoms with Crippen molar-refractivity contribution in [2.75, 3.05) is 6.54 Å². The van der Waals surface area contributed by atoms with Gasteiger partial charge in [-0.15, -0.1) is 0 Å². The van der Waals surface area contributed by atoms with E-state index in [-0.39, 0.29) is 30.0 Å². The number of pyridine rings is 1. The quantitative estimate of drug-likeness (QED) is 0.157. The number of hydrogen-bond acceptors (Lipinski definition) is 5. The number of alkyl halides is 3. The van der Waals surface area contributed by atoms with Crippen molar-refractivity contribution in [3.05, 3.63) is 112 Å². The Kier molecular flexibility index (Phi) is 8.00. The molecule has 2 aliphatic carbocycles. The number of benzene rings is 2. The lowest BCUT2D eigenvalue weighted by molar-refractivity contribution is -0.137. The minimum Gasteiger partial charge on any atom is -0.291 e. The summed E-state index contributed by atoms with van der Waals surface area (Å²) in [4.78, 5) is 18.4. The molecule has 1 saturated carbocycles. The normalized spacial score (nSPS) is 19.8. The third-order valence-electron chi connectivity index (χ3n) is 9.14. The van der Waals surface area contributed by atoms with Crippen LogP contribution in [0.4, 0.5) is 17.6 Å². The van der Waals surface area contributed by atoms with Crippen LogP contribution in [0.5, 0.6) is 0 Å². The van der Waals surface area contributed by atoms with Gasteiger partial charge in [0.1, 0.15) is 11.5 Å². The monoisotopic (exact) mass is 652 g/mol. The molecule has 6 rings (SSSR count). The number of Topliss-reactive ketones (excluding diaryl/α,β-unsaturated/α-hetero) is 1. The first-order valence-electron chi connectivity index (χ1n) is 15.0. The van der Waals surface area contributed by atoms with Crippen molar-refractivity contribution in [1.82, 2.24) is 19.1 Å². The lowest BCUT2D eigenvalue weighted by atomic mass is 9.60. The SMILES string of the molecule is CCN([C@H]1CCC2=Cc3c(cnn3-c3ccc(C)cc3)C[C@]2(C(=O)c2cc(C(F)(F)F)ccn2)C1)S(=O)(=O)c1ccc(C)c(F)c1. The molecule has 0 N–H and O–H groups in total. The molecule has 0 radical (unpaired) electrons. The van der Waals surface area contributed by atoms with E-state index >= 15 is 0 Å². The molecule has 240 valence electrons. The first-order chi connectivity index (χ1) is 21.7. The van der Waals surface area contributed by atoms with E-state index in [0.29, 0.717) is 29.5 Å². The number of rotatable bonds is 7. The Labute approximate surface area is 264 Å². The molecule has 2 aromatic heterocycles. The van der Waals surface area contributed by atoms with E-state index in [1.54, 1.807) is 17.8 Å². The van der Waals surface area contributed by atoms with E-state index in [1.165, 1.54) is 23.4 Å². The maximum atomic E-state index is 14.5. The molecule has 0 saturated heterocycles. The predicted octanol–water partition coefficient (Wildman–Crippen LogP) is 7.11. The van der Waals surface area contributed by atoms with Crippen LogP contribution in [0.1, 0.15) is 64.6 Å². The highest BCUT2D eigenvalue weighted by atomic mass is 32.2. The van der Waals surface area contributed by atoms with Crippen LogP contribution in [0.25, 0.3) is 11.8 Å². The van der Waals surface area contributed by atoms with Crippen LogP contribution in [-0.2, 0) is 22.6 Å². The minimum absolute atomic E-state index is 0.00611. The zero-order valence-electron chi connectivity index (χ0n) is 25.5. The number of allylic oxidation sites excluding steroid dienone is 1. The molecule has 0 aliphatic heterocycles. The van der Waals surface area contributed by atoms with Crippen molar-refractivity contribution in [1.29, 1.82) is 0 Å². The molecule has 46 heavy (non-hydrogen) atoms. The van der Waals surface area contributed by atoms with Gasteiger partial charge in [0, 0.05) is 18.8 Å². The van der Waals surface area contributed by atoms with Gasteiger partial charge in [-0.05, 0) is 93.1 Å². The summed E-state index contributed by atoms with van der Waals surface area (Å²) >= 11 is 0. The van der Waals surface area contributed by atoms with Crippen molar-refractivity contribution in [3.8, 4) is 5.69 Å². The highest BCUT2D eigenvalue weighted by Crippen LogP contribution is 2.51. The number of aryl methyl sites for hydroxylation is 2. The molecule has 2 aromatic carbocycles. The van der Waals surface area contributed by atoms with Gasteiger partial charge >= 0.3 is 6.18 Å². The largest absolute Gasteiger partial charge is 0.416 e. The van der Waals surface area contributed by atoms with Gasteiger partial charge in [0.25, 0.3) is 0 Å². The molecule has 2 heterocycles. The highest BCUT2D eigenvalue weighted by molar-refractivity contribution is 7.89. The smallest absolute Gasteiger partial charge is 0.291 e. The fraction of sp³-hybridized carbons (Fsp3) is 0.324.